The van der Waals surface area contributed by atoms with Crippen LogP contribution in [-0.4, -0.2) is 73.1 Å². The number of ether oxygens (including phenoxy) is 1. The van der Waals surface area contributed by atoms with Crippen molar-refractivity contribution in [3.8, 4) is 5.75 Å². The summed E-state index contributed by atoms with van der Waals surface area (Å²) in [5.41, 5.74) is 3.55. The Balaban J connectivity index is 1.51. The highest BCUT2D eigenvalue weighted by molar-refractivity contribution is 5.84. The van der Waals surface area contributed by atoms with Crippen LogP contribution in [-0.2, 0) is 4.79 Å². The summed E-state index contributed by atoms with van der Waals surface area (Å²) in [6.45, 7) is 9.41. The molecule has 0 saturated carbocycles. The Labute approximate surface area is 190 Å². The van der Waals surface area contributed by atoms with E-state index < -0.39 is 0 Å². The van der Waals surface area contributed by atoms with Gasteiger partial charge in [0.15, 0.2) is 0 Å². The van der Waals surface area contributed by atoms with Crippen molar-refractivity contribution in [1.29, 1.82) is 0 Å². The maximum atomic E-state index is 13.0. The highest BCUT2D eigenvalue weighted by atomic mass is 16.5. The minimum Gasteiger partial charge on any atom is -0.497 e. The number of H-pyrrole nitrogens is 1. The smallest absolute Gasteiger partial charge is 0.239 e. The van der Waals surface area contributed by atoms with E-state index in [0.717, 1.165) is 44.0 Å². The topological polar surface area (TPSA) is 60.6 Å². The number of nitrogens with one attached hydrogen (secondary N) is 2. The van der Waals surface area contributed by atoms with Crippen molar-refractivity contribution < 1.29 is 9.53 Å². The number of benzene rings is 2. The first kappa shape index (κ1) is 22.4. The van der Waals surface area contributed by atoms with Crippen LogP contribution in [0.2, 0.25) is 0 Å². The average Bonchev–Trinajstić information content (AvgIpc) is 3.28. The summed E-state index contributed by atoms with van der Waals surface area (Å²) in [6.07, 6.45) is 2.09. The lowest BCUT2D eigenvalue weighted by Gasteiger charge is -2.35. The number of likely N-dealkylation sites (N-methyl/N-ethyl adjacent to an activating group) is 1. The van der Waals surface area contributed by atoms with Crippen LogP contribution < -0.4 is 10.1 Å². The third-order valence-electron chi connectivity index (χ3n) is 6.64. The molecule has 0 aliphatic carbocycles. The van der Waals surface area contributed by atoms with Gasteiger partial charge in [0.2, 0.25) is 5.91 Å². The SMILES string of the molecule is CCN1CCN(C(=O)[C@H](C)NC[C@H](c2ccc(OC)cc2)c2c[nH]c3ccccc23)CC1. The fourth-order valence-corrected chi connectivity index (χ4v) is 4.57. The molecule has 1 amide bonds. The first-order valence-electron chi connectivity index (χ1n) is 11.5. The fourth-order valence-electron chi connectivity index (χ4n) is 4.57. The Morgan fingerprint density at radius 3 is 2.50 bits per heavy atom. The normalized spacial score (nSPS) is 16.8. The lowest BCUT2D eigenvalue weighted by molar-refractivity contribution is -0.134. The number of para-hydroxylation sites is 1. The molecule has 2 N–H and O–H groups in total. The second-order valence-electron chi connectivity index (χ2n) is 8.50. The number of hydrogen-bond acceptors (Lipinski definition) is 4. The molecule has 2 aromatic carbocycles. The van der Waals surface area contributed by atoms with Crippen molar-refractivity contribution in [3.05, 3.63) is 65.9 Å². The largest absolute Gasteiger partial charge is 0.497 e. The van der Waals surface area contributed by atoms with Gasteiger partial charge in [-0.05, 0) is 42.8 Å². The summed E-state index contributed by atoms with van der Waals surface area (Å²) >= 11 is 0. The van der Waals surface area contributed by atoms with Crippen molar-refractivity contribution in [2.75, 3.05) is 46.4 Å². The van der Waals surface area contributed by atoms with E-state index >= 15 is 0 Å². The Hall–Kier alpha value is -2.83. The van der Waals surface area contributed by atoms with Crippen LogP contribution in [0.3, 0.4) is 0 Å². The first-order valence-corrected chi connectivity index (χ1v) is 11.5. The van der Waals surface area contributed by atoms with E-state index in [1.807, 2.05) is 30.0 Å². The standard InChI is InChI=1S/C26H34N4O2/c1-4-29-13-15-30(16-14-29)26(31)19(2)27-17-23(20-9-11-21(32-3)12-10-20)24-18-28-25-8-6-5-7-22(24)25/h5-12,18-19,23,27-28H,4,13-17H2,1-3H3/t19-,23+/m0/s1. The van der Waals surface area contributed by atoms with E-state index in [0.29, 0.717) is 6.54 Å². The Bertz CT molecular complexity index is 1020. The molecule has 6 heteroatoms. The zero-order valence-corrected chi connectivity index (χ0v) is 19.3. The molecule has 170 valence electrons. The van der Waals surface area contributed by atoms with Crippen molar-refractivity contribution in [1.82, 2.24) is 20.1 Å². The summed E-state index contributed by atoms with van der Waals surface area (Å²) in [6, 6.07) is 16.4. The summed E-state index contributed by atoms with van der Waals surface area (Å²) in [4.78, 5) is 20.8. The Kier molecular flexibility index (Phi) is 7.12. The number of aromatic amines is 1. The van der Waals surface area contributed by atoms with Crippen LogP contribution in [0.5, 0.6) is 5.75 Å². The molecule has 1 fully saturated rings. The van der Waals surface area contributed by atoms with Gasteiger partial charge in [0.05, 0.1) is 13.2 Å². The van der Waals surface area contributed by atoms with Crippen LogP contribution in [0.1, 0.15) is 30.9 Å². The molecule has 1 aromatic heterocycles. The van der Waals surface area contributed by atoms with Gasteiger partial charge in [0, 0.05) is 55.7 Å². The molecule has 0 radical (unpaired) electrons. The number of amides is 1. The minimum atomic E-state index is -0.228. The highest BCUT2D eigenvalue weighted by Gasteiger charge is 2.26. The average molecular weight is 435 g/mol. The van der Waals surface area contributed by atoms with Crippen LogP contribution in [0.4, 0.5) is 0 Å². The van der Waals surface area contributed by atoms with Crippen LogP contribution in [0.25, 0.3) is 10.9 Å². The molecular weight excluding hydrogens is 400 g/mol. The van der Waals surface area contributed by atoms with E-state index in [2.05, 4.69) is 58.7 Å². The predicted octanol–water partition coefficient (Wildman–Crippen LogP) is 3.45. The number of fused-ring (bicyclic) bond motifs is 1. The predicted molar refractivity (Wildman–Crippen MR) is 129 cm³/mol. The van der Waals surface area contributed by atoms with Crippen molar-refractivity contribution in [2.24, 2.45) is 0 Å². The minimum absolute atomic E-state index is 0.115. The number of rotatable bonds is 8. The van der Waals surface area contributed by atoms with E-state index in [1.165, 1.54) is 16.5 Å². The van der Waals surface area contributed by atoms with Crippen molar-refractivity contribution in [2.45, 2.75) is 25.8 Å². The molecule has 1 saturated heterocycles. The molecule has 1 aliphatic heterocycles. The Morgan fingerprint density at radius 1 is 1.09 bits per heavy atom. The molecule has 3 aromatic rings. The monoisotopic (exact) mass is 434 g/mol. The molecule has 2 heterocycles. The van der Waals surface area contributed by atoms with E-state index in [9.17, 15) is 4.79 Å². The van der Waals surface area contributed by atoms with Gasteiger partial charge in [-0.15, -0.1) is 0 Å². The van der Waals surface area contributed by atoms with Crippen molar-refractivity contribution in [3.63, 3.8) is 0 Å². The second kappa shape index (κ2) is 10.2. The van der Waals surface area contributed by atoms with Gasteiger partial charge in [-0.3, -0.25) is 4.79 Å². The van der Waals surface area contributed by atoms with Gasteiger partial charge in [0.1, 0.15) is 5.75 Å². The lowest BCUT2D eigenvalue weighted by Crippen LogP contribution is -2.53. The van der Waals surface area contributed by atoms with E-state index in [1.54, 1.807) is 7.11 Å². The number of aromatic nitrogens is 1. The highest BCUT2D eigenvalue weighted by Crippen LogP contribution is 2.31. The van der Waals surface area contributed by atoms with E-state index in [-0.39, 0.29) is 17.9 Å². The lowest BCUT2D eigenvalue weighted by atomic mass is 9.90. The maximum absolute atomic E-state index is 13.0. The summed E-state index contributed by atoms with van der Waals surface area (Å²) in [5.74, 6) is 1.14. The molecule has 0 spiro atoms. The third kappa shape index (κ3) is 4.81. The zero-order valence-electron chi connectivity index (χ0n) is 19.3. The maximum Gasteiger partial charge on any atom is 0.239 e. The number of piperazine rings is 1. The quantitative estimate of drug-likeness (QED) is 0.570. The number of carbonyl (C=O) groups is 1. The van der Waals surface area contributed by atoms with Gasteiger partial charge < -0.3 is 24.8 Å². The molecule has 1 aliphatic rings. The summed E-state index contributed by atoms with van der Waals surface area (Å²) in [7, 11) is 1.68. The van der Waals surface area contributed by atoms with Crippen molar-refractivity contribution >= 4 is 16.8 Å². The molecule has 32 heavy (non-hydrogen) atoms. The van der Waals surface area contributed by atoms with Crippen LogP contribution in [0, 0.1) is 0 Å². The zero-order chi connectivity index (χ0) is 22.5. The van der Waals surface area contributed by atoms with Gasteiger partial charge >= 0.3 is 0 Å². The van der Waals surface area contributed by atoms with Gasteiger partial charge in [-0.25, -0.2) is 0 Å². The van der Waals surface area contributed by atoms with Gasteiger partial charge in [-0.2, -0.15) is 0 Å². The second-order valence-corrected chi connectivity index (χ2v) is 8.50. The number of hydrogen-bond donors (Lipinski definition) is 2. The van der Waals surface area contributed by atoms with Crippen LogP contribution in [0.15, 0.2) is 54.7 Å². The van der Waals surface area contributed by atoms with E-state index in [4.69, 9.17) is 4.74 Å². The third-order valence-corrected chi connectivity index (χ3v) is 6.64. The number of carbonyl (C=O) groups excluding carboxylic acids is 1. The molecule has 0 unspecified atom stereocenters. The number of methoxy groups -OCH3 is 1. The number of nitrogens with zero attached hydrogens (tertiary/aromatic N) is 2. The first-order chi connectivity index (χ1) is 15.6. The molecular formula is C26H34N4O2. The molecule has 2 atom stereocenters. The summed E-state index contributed by atoms with van der Waals surface area (Å²) < 4.78 is 5.35. The molecule has 4 rings (SSSR count). The van der Waals surface area contributed by atoms with Crippen LogP contribution >= 0.6 is 0 Å². The fraction of sp³-hybridized carbons (Fsp3) is 0.423. The van der Waals surface area contributed by atoms with Gasteiger partial charge in [-0.1, -0.05) is 37.3 Å². The Morgan fingerprint density at radius 2 is 1.81 bits per heavy atom. The molecule has 6 nitrogen and oxygen atoms in total. The molecule has 0 bridgehead atoms. The van der Waals surface area contributed by atoms with Gasteiger partial charge in [0.25, 0.3) is 0 Å². The summed E-state index contributed by atoms with van der Waals surface area (Å²) in [5, 5.41) is 4.75.